The summed E-state index contributed by atoms with van der Waals surface area (Å²) in [5.41, 5.74) is 0. The van der Waals surface area contributed by atoms with Gasteiger partial charge in [0.25, 0.3) is 0 Å². The molecule has 0 aliphatic rings. The second-order valence-electron chi connectivity index (χ2n) is 3.30. The maximum atomic E-state index is 11.9. The Hall–Kier alpha value is -0.770. The quantitative estimate of drug-likeness (QED) is 0.343. The second-order valence-corrected chi connectivity index (χ2v) is 4.97. The van der Waals surface area contributed by atoms with E-state index in [9.17, 15) is 4.57 Å². The normalized spacial score (nSPS) is 10.8. The third-order valence-corrected chi connectivity index (χ3v) is 3.25. The van der Waals surface area contributed by atoms with Crippen molar-refractivity contribution in [3.8, 4) is 24.7 Å². The maximum Gasteiger partial charge on any atom is 0.476 e. The summed E-state index contributed by atoms with van der Waals surface area (Å²) in [6, 6.07) is 0. The number of phosphoric acid groups is 1. The Labute approximate surface area is 104 Å². The molecule has 0 N–H and O–H groups in total. The lowest BCUT2D eigenvalue weighted by Gasteiger charge is -2.15. The molecule has 0 unspecified atom stereocenters. The lowest BCUT2D eigenvalue weighted by atomic mass is 10.2. The van der Waals surface area contributed by atoms with Crippen LogP contribution in [0.15, 0.2) is 0 Å². The topological polar surface area (TPSA) is 44.8 Å². The summed E-state index contributed by atoms with van der Waals surface area (Å²) in [7, 11) is -3.59. The summed E-state index contributed by atoms with van der Waals surface area (Å²) in [4.78, 5) is 0. The SMILES string of the molecule is C#CCOP(=O)(OCC#C)OCCCCCC. The van der Waals surface area contributed by atoms with E-state index in [-0.39, 0.29) is 13.2 Å². The molecule has 0 aromatic rings. The van der Waals surface area contributed by atoms with Crippen LogP contribution >= 0.6 is 7.82 Å². The minimum Gasteiger partial charge on any atom is -0.287 e. The Morgan fingerprint density at radius 3 is 2.06 bits per heavy atom. The van der Waals surface area contributed by atoms with Crippen molar-refractivity contribution in [3.05, 3.63) is 0 Å². The van der Waals surface area contributed by atoms with Gasteiger partial charge in [-0.15, -0.1) is 12.8 Å². The van der Waals surface area contributed by atoms with Crippen LogP contribution in [0.3, 0.4) is 0 Å². The molecular weight excluding hydrogens is 239 g/mol. The molecule has 17 heavy (non-hydrogen) atoms. The summed E-state index contributed by atoms with van der Waals surface area (Å²) in [6.07, 6.45) is 14.1. The molecule has 0 spiro atoms. The fourth-order valence-corrected chi connectivity index (χ4v) is 2.09. The summed E-state index contributed by atoms with van der Waals surface area (Å²) in [6.45, 7) is 2.16. The van der Waals surface area contributed by atoms with Crippen LogP contribution in [0.5, 0.6) is 0 Å². The fraction of sp³-hybridized carbons (Fsp3) is 0.667. The van der Waals surface area contributed by atoms with E-state index in [0.717, 1.165) is 25.7 Å². The van der Waals surface area contributed by atoms with Gasteiger partial charge in [0.15, 0.2) is 0 Å². The fourth-order valence-electron chi connectivity index (χ4n) is 1.05. The van der Waals surface area contributed by atoms with Crippen LogP contribution in [0.2, 0.25) is 0 Å². The van der Waals surface area contributed by atoms with Gasteiger partial charge in [0.2, 0.25) is 0 Å². The molecule has 0 radical (unpaired) electrons. The van der Waals surface area contributed by atoms with E-state index in [0.29, 0.717) is 6.61 Å². The zero-order valence-electron chi connectivity index (χ0n) is 10.2. The zero-order chi connectivity index (χ0) is 13.0. The van der Waals surface area contributed by atoms with Gasteiger partial charge >= 0.3 is 7.82 Å². The Kier molecular flexibility index (Phi) is 9.92. The number of unbranched alkanes of at least 4 members (excludes halogenated alkanes) is 3. The highest BCUT2D eigenvalue weighted by Gasteiger charge is 2.25. The zero-order valence-corrected chi connectivity index (χ0v) is 11.1. The van der Waals surface area contributed by atoms with Crippen molar-refractivity contribution < 1.29 is 18.1 Å². The van der Waals surface area contributed by atoms with Gasteiger partial charge in [-0.2, -0.15) is 0 Å². The standard InChI is InChI=1S/C12H19O4P/c1-4-7-8-9-12-16-17(13,14-10-5-2)15-11-6-3/h2-3H,4,7-12H2,1H3. The molecule has 4 nitrogen and oxygen atoms in total. The number of rotatable bonds is 10. The smallest absolute Gasteiger partial charge is 0.287 e. The Balaban J connectivity index is 3.97. The van der Waals surface area contributed by atoms with E-state index < -0.39 is 7.82 Å². The van der Waals surface area contributed by atoms with Crippen LogP contribution < -0.4 is 0 Å². The molecule has 0 fully saturated rings. The van der Waals surface area contributed by atoms with E-state index in [2.05, 4.69) is 18.8 Å². The van der Waals surface area contributed by atoms with E-state index in [4.69, 9.17) is 26.4 Å². The van der Waals surface area contributed by atoms with Gasteiger partial charge in [0.05, 0.1) is 6.61 Å². The average Bonchev–Trinajstić information content (AvgIpc) is 2.34. The van der Waals surface area contributed by atoms with Crippen LogP contribution in [0.1, 0.15) is 32.6 Å². The minimum absolute atomic E-state index is 0.128. The molecule has 0 atom stereocenters. The molecule has 0 saturated carbocycles. The van der Waals surface area contributed by atoms with Crippen molar-refractivity contribution in [1.82, 2.24) is 0 Å². The molecule has 0 rings (SSSR count). The number of terminal acetylenes is 2. The molecule has 0 bridgehead atoms. The van der Waals surface area contributed by atoms with Crippen LogP contribution in [-0.4, -0.2) is 19.8 Å². The van der Waals surface area contributed by atoms with E-state index in [1.165, 1.54) is 0 Å². The first-order chi connectivity index (χ1) is 8.18. The third-order valence-electron chi connectivity index (χ3n) is 1.86. The minimum atomic E-state index is -3.59. The van der Waals surface area contributed by atoms with Crippen molar-refractivity contribution in [1.29, 1.82) is 0 Å². The number of phosphoric ester groups is 1. The third kappa shape index (κ3) is 8.98. The van der Waals surface area contributed by atoms with Gasteiger partial charge in [-0.1, -0.05) is 38.0 Å². The first-order valence-electron chi connectivity index (χ1n) is 5.59. The molecule has 0 saturated heterocycles. The molecule has 96 valence electrons. The number of hydrogen-bond acceptors (Lipinski definition) is 4. The second kappa shape index (κ2) is 10.4. The van der Waals surface area contributed by atoms with Gasteiger partial charge in [-0.05, 0) is 6.42 Å². The Morgan fingerprint density at radius 2 is 1.59 bits per heavy atom. The summed E-state index contributed by atoms with van der Waals surface area (Å²) in [5.74, 6) is 4.41. The van der Waals surface area contributed by atoms with Crippen LogP contribution in [0.25, 0.3) is 0 Å². The first-order valence-corrected chi connectivity index (χ1v) is 7.05. The van der Waals surface area contributed by atoms with Crippen molar-refractivity contribution in [2.45, 2.75) is 32.6 Å². The Morgan fingerprint density at radius 1 is 1.00 bits per heavy atom. The molecule has 0 amide bonds. The number of hydrogen-bond donors (Lipinski definition) is 0. The maximum absolute atomic E-state index is 11.9. The predicted octanol–water partition coefficient (Wildman–Crippen LogP) is 2.99. The highest BCUT2D eigenvalue weighted by molar-refractivity contribution is 7.48. The van der Waals surface area contributed by atoms with Gasteiger partial charge < -0.3 is 0 Å². The molecule has 5 heteroatoms. The molecule has 0 aliphatic carbocycles. The lowest BCUT2D eigenvalue weighted by Crippen LogP contribution is -2.02. The summed E-state index contributed by atoms with van der Waals surface area (Å²) < 4.78 is 26.7. The molecule has 0 heterocycles. The summed E-state index contributed by atoms with van der Waals surface area (Å²) >= 11 is 0. The molecule has 0 aromatic carbocycles. The molecule has 0 aliphatic heterocycles. The van der Waals surface area contributed by atoms with Crippen LogP contribution in [0, 0.1) is 24.7 Å². The van der Waals surface area contributed by atoms with Crippen LogP contribution in [-0.2, 0) is 18.1 Å². The molecular formula is C12H19O4P. The van der Waals surface area contributed by atoms with Crippen molar-refractivity contribution in [2.75, 3.05) is 19.8 Å². The average molecular weight is 258 g/mol. The molecule has 0 aromatic heterocycles. The van der Waals surface area contributed by atoms with E-state index in [1.807, 2.05) is 0 Å². The van der Waals surface area contributed by atoms with Crippen LogP contribution in [0.4, 0.5) is 0 Å². The monoisotopic (exact) mass is 258 g/mol. The van der Waals surface area contributed by atoms with Gasteiger partial charge in [0, 0.05) is 0 Å². The van der Waals surface area contributed by atoms with Crippen molar-refractivity contribution >= 4 is 7.82 Å². The predicted molar refractivity (Wildman–Crippen MR) is 67.3 cm³/mol. The highest BCUT2D eigenvalue weighted by atomic mass is 31.2. The van der Waals surface area contributed by atoms with Gasteiger partial charge in [-0.25, -0.2) is 4.57 Å². The van der Waals surface area contributed by atoms with Gasteiger partial charge in [-0.3, -0.25) is 13.6 Å². The van der Waals surface area contributed by atoms with Gasteiger partial charge in [0.1, 0.15) is 13.2 Å². The highest BCUT2D eigenvalue weighted by Crippen LogP contribution is 2.49. The van der Waals surface area contributed by atoms with Crippen molar-refractivity contribution in [2.24, 2.45) is 0 Å². The summed E-state index contributed by atoms with van der Waals surface area (Å²) in [5, 5.41) is 0. The van der Waals surface area contributed by atoms with E-state index in [1.54, 1.807) is 0 Å². The largest absolute Gasteiger partial charge is 0.476 e. The van der Waals surface area contributed by atoms with Crippen molar-refractivity contribution in [3.63, 3.8) is 0 Å². The lowest BCUT2D eigenvalue weighted by molar-refractivity contribution is 0.132. The van der Waals surface area contributed by atoms with E-state index >= 15 is 0 Å². The Bertz CT molecular complexity index is 291. The first kappa shape index (κ1) is 16.2.